The molecule has 1 aromatic carbocycles. The number of hydrogen-bond donors (Lipinski definition) is 3. The van der Waals surface area contributed by atoms with Gasteiger partial charge in [0.2, 0.25) is 5.91 Å². The summed E-state index contributed by atoms with van der Waals surface area (Å²) in [5.41, 5.74) is -0.303. The van der Waals surface area contributed by atoms with E-state index in [4.69, 9.17) is 0 Å². The zero-order valence-corrected chi connectivity index (χ0v) is 13.2. The molecule has 0 aliphatic carbocycles. The largest absolute Gasteiger partial charge is 0.386 e. The average molecular weight is 308 g/mol. The Balaban J connectivity index is 1.92. The Hall–Kier alpha value is -1.46. The number of carbonyl (C=O) groups is 1. The number of aliphatic hydroxyl groups is 1. The van der Waals surface area contributed by atoms with Crippen molar-refractivity contribution in [2.75, 3.05) is 19.6 Å². The van der Waals surface area contributed by atoms with Crippen molar-refractivity contribution >= 4 is 5.91 Å². The minimum Gasteiger partial charge on any atom is -0.386 e. The lowest BCUT2D eigenvalue weighted by molar-refractivity contribution is -0.133. The molecular formula is C17H25FN2O2. The van der Waals surface area contributed by atoms with Crippen molar-refractivity contribution in [1.29, 1.82) is 0 Å². The van der Waals surface area contributed by atoms with E-state index in [1.54, 1.807) is 12.1 Å². The minimum atomic E-state index is -1.04. The highest BCUT2D eigenvalue weighted by molar-refractivity contribution is 5.82. The second-order valence-corrected chi connectivity index (χ2v) is 6.51. The highest BCUT2D eigenvalue weighted by Crippen LogP contribution is 2.32. The van der Waals surface area contributed by atoms with Gasteiger partial charge in [0, 0.05) is 17.5 Å². The third-order valence-corrected chi connectivity index (χ3v) is 4.62. The van der Waals surface area contributed by atoms with Gasteiger partial charge in [0.05, 0.1) is 6.10 Å². The van der Waals surface area contributed by atoms with Crippen LogP contribution in [0.3, 0.4) is 0 Å². The summed E-state index contributed by atoms with van der Waals surface area (Å²) >= 11 is 0. The molecule has 0 unspecified atom stereocenters. The van der Waals surface area contributed by atoms with Gasteiger partial charge in [0.15, 0.2) is 0 Å². The zero-order valence-electron chi connectivity index (χ0n) is 13.2. The molecule has 22 heavy (non-hydrogen) atoms. The number of benzene rings is 1. The third kappa shape index (κ3) is 3.84. The summed E-state index contributed by atoms with van der Waals surface area (Å²) in [7, 11) is 0. The van der Waals surface area contributed by atoms with E-state index in [9.17, 15) is 14.3 Å². The maximum absolute atomic E-state index is 13.6. The lowest BCUT2D eigenvalue weighted by Gasteiger charge is -2.36. The van der Waals surface area contributed by atoms with Crippen LogP contribution in [-0.2, 0) is 4.79 Å². The van der Waals surface area contributed by atoms with E-state index in [-0.39, 0.29) is 23.9 Å². The average Bonchev–Trinajstić information content (AvgIpc) is 2.53. The number of halogens is 1. The molecule has 0 bridgehead atoms. The summed E-state index contributed by atoms with van der Waals surface area (Å²) in [6.45, 7) is 5.70. The molecule has 3 N–H and O–H groups in total. The topological polar surface area (TPSA) is 61.4 Å². The van der Waals surface area contributed by atoms with Crippen molar-refractivity contribution in [2.45, 2.75) is 32.8 Å². The van der Waals surface area contributed by atoms with Gasteiger partial charge in [-0.05, 0) is 37.9 Å². The number of nitrogens with one attached hydrogen (secondary N) is 2. The summed E-state index contributed by atoms with van der Waals surface area (Å²) in [5.74, 6) is -0.288. The molecule has 0 aromatic heterocycles. The van der Waals surface area contributed by atoms with Gasteiger partial charge in [-0.25, -0.2) is 4.39 Å². The summed E-state index contributed by atoms with van der Waals surface area (Å²) in [4.78, 5) is 12.4. The summed E-state index contributed by atoms with van der Waals surface area (Å²) < 4.78 is 13.6. The number of piperidine rings is 1. The molecule has 1 heterocycles. The lowest BCUT2D eigenvalue weighted by Crippen LogP contribution is -2.48. The molecule has 1 saturated heterocycles. The Morgan fingerprint density at radius 3 is 2.86 bits per heavy atom. The molecule has 0 radical (unpaired) electrons. The molecular weight excluding hydrogens is 283 g/mol. The molecule has 122 valence electrons. The fourth-order valence-corrected chi connectivity index (χ4v) is 2.93. The highest BCUT2D eigenvalue weighted by Gasteiger charge is 2.37. The van der Waals surface area contributed by atoms with E-state index in [0.717, 1.165) is 25.9 Å². The van der Waals surface area contributed by atoms with E-state index in [0.29, 0.717) is 0 Å². The maximum Gasteiger partial charge on any atom is 0.226 e. The fraction of sp³-hybridized carbons (Fsp3) is 0.588. The summed E-state index contributed by atoms with van der Waals surface area (Å²) in [6.07, 6.45) is 1.05. The van der Waals surface area contributed by atoms with Gasteiger partial charge >= 0.3 is 0 Å². The molecule has 5 heteroatoms. The van der Waals surface area contributed by atoms with Crippen LogP contribution in [0, 0.1) is 17.2 Å². The number of aliphatic hydroxyl groups excluding tert-OH is 1. The van der Waals surface area contributed by atoms with Gasteiger partial charge in [-0.1, -0.05) is 32.0 Å². The molecule has 2 atom stereocenters. The van der Waals surface area contributed by atoms with Crippen LogP contribution in [0.15, 0.2) is 24.3 Å². The first-order valence-electron chi connectivity index (χ1n) is 7.84. The van der Waals surface area contributed by atoms with E-state index in [1.807, 2.05) is 13.8 Å². The van der Waals surface area contributed by atoms with E-state index in [2.05, 4.69) is 10.6 Å². The van der Waals surface area contributed by atoms with Crippen molar-refractivity contribution in [3.8, 4) is 0 Å². The Kier molecular flexibility index (Phi) is 5.53. The number of hydrogen-bond acceptors (Lipinski definition) is 3. The van der Waals surface area contributed by atoms with Crippen LogP contribution in [0.2, 0.25) is 0 Å². The molecule has 1 amide bonds. The van der Waals surface area contributed by atoms with Gasteiger partial charge in [-0.15, -0.1) is 0 Å². The fourth-order valence-electron chi connectivity index (χ4n) is 2.93. The van der Waals surface area contributed by atoms with Crippen molar-refractivity contribution < 1.29 is 14.3 Å². The predicted molar refractivity (Wildman–Crippen MR) is 83.7 cm³/mol. The molecule has 0 saturated carbocycles. The minimum absolute atomic E-state index is 0.0172. The van der Waals surface area contributed by atoms with Crippen LogP contribution >= 0.6 is 0 Å². The van der Waals surface area contributed by atoms with Crippen LogP contribution in [-0.4, -0.2) is 30.6 Å². The van der Waals surface area contributed by atoms with E-state index in [1.165, 1.54) is 12.1 Å². The highest BCUT2D eigenvalue weighted by atomic mass is 19.1. The molecule has 1 aromatic rings. The van der Waals surface area contributed by atoms with Gasteiger partial charge in [-0.3, -0.25) is 4.79 Å². The first-order chi connectivity index (χ1) is 10.4. The van der Waals surface area contributed by atoms with Gasteiger partial charge in [0.1, 0.15) is 5.82 Å². The Labute approximate surface area is 131 Å². The van der Waals surface area contributed by atoms with Crippen molar-refractivity contribution in [3.63, 3.8) is 0 Å². The molecule has 2 rings (SSSR count). The Bertz CT molecular complexity index is 513. The summed E-state index contributed by atoms with van der Waals surface area (Å²) in [5, 5.41) is 16.1. The zero-order chi connectivity index (χ0) is 16.2. The standard InChI is InChI=1S/C17H25FN2O2/c1-17(2,12-6-5-9-19-10-12)16(22)20-11-15(21)13-7-3-4-8-14(13)18/h3-4,7-8,12,15,19,21H,5-6,9-11H2,1-2H3,(H,20,22)/t12-,15+/m1/s1. The smallest absolute Gasteiger partial charge is 0.226 e. The van der Waals surface area contributed by atoms with Crippen molar-refractivity contribution in [3.05, 3.63) is 35.6 Å². The lowest BCUT2D eigenvalue weighted by atomic mass is 9.74. The van der Waals surface area contributed by atoms with Crippen LogP contribution < -0.4 is 10.6 Å². The first kappa shape index (κ1) is 16.9. The van der Waals surface area contributed by atoms with Gasteiger partial charge in [-0.2, -0.15) is 0 Å². The first-order valence-corrected chi connectivity index (χ1v) is 7.84. The number of rotatable bonds is 5. The molecule has 4 nitrogen and oxygen atoms in total. The van der Waals surface area contributed by atoms with Crippen LogP contribution in [0.5, 0.6) is 0 Å². The van der Waals surface area contributed by atoms with Crippen molar-refractivity contribution in [1.82, 2.24) is 10.6 Å². The third-order valence-electron chi connectivity index (χ3n) is 4.62. The second kappa shape index (κ2) is 7.20. The SMILES string of the molecule is CC(C)(C(=O)NC[C@H](O)c1ccccc1F)[C@@H]1CCCNC1. The molecule has 1 aliphatic rings. The van der Waals surface area contributed by atoms with Crippen molar-refractivity contribution in [2.24, 2.45) is 11.3 Å². The second-order valence-electron chi connectivity index (χ2n) is 6.51. The van der Waals surface area contributed by atoms with Gasteiger partial charge in [0.25, 0.3) is 0 Å². The number of amides is 1. The van der Waals surface area contributed by atoms with Crippen LogP contribution in [0.4, 0.5) is 4.39 Å². The quantitative estimate of drug-likeness (QED) is 0.780. The van der Waals surface area contributed by atoms with Gasteiger partial charge < -0.3 is 15.7 Å². The molecule has 1 aliphatic heterocycles. The van der Waals surface area contributed by atoms with Crippen LogP contribution in [0.25, 0.3) is 0 Å². The monoisotopic (exact) mass is 308 g/mol. The molecule has 1 fully saturated rings. The summed E-state index contributed by atoms with van der Waals surface area (Å²) in [6, 6.07) is 6.07. The Morgan fingerprint density at radius 1 is 1.50 bits per heavy atom. The maximum atomic E-state index is 13.6. The molecule has 0 spiro atoms. The number of carbonyl (C=O) groups excluding carboxylic acids is 1. The predicted octanol–water partition coefficient (Wildman–Crippen LogP) is 2.00. The normalized spacial score (nSPS) is 20.5. The van der Waals surface area contributed by atoms with Crippen LogP contribution in [0.1, 0.15) is 38.4 Å². The Morgan fingerprint density at radius 2 is 2.23 bits per heavy atom. The van der Waals surface area contributed by atoms with E-state index >= 15 is 0 Å². The van der Waals surface area contributed by atoms with E-state index < -0.39 is 17.3 Å².